The average molecular weight is 622 g/mol. The van der Waals surface area contributed by atoms with Crippen molar-refractivity contribution in [1.29, 1.82) is 0 Å². The summed E-state index contributed by atoms with van der Waals surface area (Å²) in [4.78, 5) is 29.3. The second-order valence-electron chi connectivity index (χ2n) is 11.4. The molecule has 0 saturated heterocycles. The zero-order valence-electron chi connectivity index (χ0n) is 26.2. The number of nitrogens with zero attached hydrogens (tertiary/aromatic N) is 2. The lowest BCUT2D eigenvalue weighted by Gasteiger charge is -2.33. The normalized spacial score (nSPS) is 14.4. The Hall–Kier alpha value is -4.05. The highest BCUT2D eigenvalue weighted by Gasteiger charge is 2.33. The second kappa shape index (κ2) is 14.6. The Balaban J connectivity index is 1.72. The molecule has 0 aromatic heterocycles. The molecule has 0 spiro atoms. The van der Waals surface area contributed by atoms with E-state index in [1.165, 1.54) is 37.3 Å². The first-order chi connectivity index (χ1) is 21.0. The molecule has 1 aliphatic rings. The summed E-state index contributed by atoms with van der Waals surface area (Å²) in [5.74, 6) is -0.0250. The highest BCUT2D eigenvalue weighted by molar-refractivity contribution is 7.92. The van der Waals surface area contributed by atoms with Crippen molar-refractivity contribution in [3.63, 3.8) is 0 Å². The summed E-state index contributed by atoms with van der Waals surface area (Å²) in [5.41, 5.74) is 2.99. The SMILES string of the molecule is COc1ccc(N(CC(=O)N(Cc2cccc(C)c2)[C@@H](C)C(=O)NC2CCCCC2)S(=O)(=O)c2ccc(C)cc2)cc1OC. The van der Waals surface area contributed by atoms with Crippen LogP contribution in [0.1, 0.15) is 55.7 Å². The van der Waals surface area contributed by atoms with E-state index in [0.717, 1.165) is 53.1 Å². The van der Waals surface area contributed by atoms with Crippen molar-refractivity contribution in [3.05, 3.63) is 83.4 Å². The van der Waals surface area contributed by atoms with Crippen LogP contribution in [0.2, 0.25) is 0 Å². The van der Waals surface area contributed by atoms with Gasteiger partial charge in [-0.3, -0.25) is 13.9 Å². The van der Waals surface area contributed by atoms with Gasteiger partial charge in [-0.1, -0.05) is 66.8 Å². The number of sulfonamides is 1. The smallest absolute Gasteiger partial charge is 0.264 e. The zero-order valence-corrected chi connectivity index (χ0v) is 27.0. The van der Waals surface area contributed by atoms with Crippen molar-refractivity contribution in [3.8, 4) is 11.5 Å². The van der Waals surface area contributed by atoms with E-state index >= 15 is 0 Å². The largest absolute Gasteiger partial charge is 0.493 e. The van der Waals surface area contributed by atoms with Gasteiger partial charge in [-0.15, -0.1) is 0 Å². The highest BCUT2D eigenvalue weighted by Crippen LogP contribution is 2.34. The predicted octanol–water partition coefficient (Wildman–Crippen LogP) is 5.38. The van der Waals surface area contributed by atoms with Crippen LogP contribution in [0, 0.1) is 13.8 Å². The van der Waals surface area contributed by atoms with Crippen molar-refractivity contribution in [2.75, 3.05) is 25.1 Å². The fraction of sp³-hybridized carbons (Fsp3) is 0.412. The van der Waals surface area contributed by atoms with E-state index in [2.05, 4.69) is 5.32 Å². The van der Waals surface area contributed by atoms with E-state index in [0.29, 0.717) is 11.5 Å². The number of nitrogens with one attached hydrogen (secondary N) is 1. The number of rotatable bonds is 12. The first-order valence-electron chi connectivity index (χ1n) is 15.0. The predicted molar refractivity (Wildman–Crippen MR) is 171 cm³/mol. The fourth-order valence-electron chi connectivity index (χ4n) is 5.50. The standard InChI is InChI=1S/C34H43N3O6S/c1-24-14-17-30(18-15-24)44(40,41)37(29-16-19-31(42-4)32(21-29)43-5)23-33(38)36(22-27-11-9-10-25(2)20-27)26(3)34(39)35-28-12-7-6-8-13-28/h9-11,14-21,26,28H,6-8,12-13,22-23H2,1-5H3,(H,35,39)/t26-/m0/s1. The van der Waals surface area contributed by atoms with Crippen LogP contribution in [0.4, 0.5) is 5.69 Å². The minimum Gasteiger partial charge on any atom is -0.493 e. The van der Waals surface area contributed by atoms with E-state index in [4.69, 9.17) is 9.47 Å². The number of carbonyl (C=O) groups is 2. The zero-order chi connectivity index (χ0) is 31.9. The van der Waals surface area contributed by atoms with Crippen molar-refractivity contribution in [1.82, 2.24) is 10.2 Å². The molecule has 0 radical (unpaired) electrons. The molecule has 0 unspecified atom stereocenters. The number of hydrogen-bond acceptors (Lipinski definition) is 6. The van der Waals surface area contributed by atoms with Gasteiger partial charge in [0.1, 0.15) is 12.6 Å². The fourth-order valence-corrected chi connectivity index (χ4v) is 6.91. The molecule has 236 valence electrons. The Morgan fingerprint density at radius 1 is 0.886 bits per heavy atom. The van der Waals surface area contributed by atoms with Crippen LogP contribution < -0.4 is 19.1 Å². The minimum absolute atomic E-state index is 0.0407. The lowest BCUT2D eigenvalue weighted by Crippen LogP contribution is -2.53. The minimum atomic E-state index is -4.20. The number of hydrogen-bond donors (Lipinski definition) is 1. The van der Waals surface area contributed by atoms with Crippen molar-refractivity contribution in [2.45, 2.75) is 76.4 Å². The van der Waals surface area contributed by atoms with E-state index in [1.807, 2.05) is 38.1 Å². The van der Waals surface area contributed by atoms with Crippen molar-refractivity contribution >= 4 is 27.5 Å². The summed E-state index contributed by atoms with van der Waals surface area (Å²) >= 11 is 0. The molecule has 1 atom stereocenters. The lowest BCUT2D eigenvalue weighted by atomic mass is 9.95. The molecule has 9 nitrogen and oxygen atoms in total. The maximum absolute atomic E-state index is 14.2. The molecular weight excluding hydrogens is 578 g/mol. The summed E-state index contributed by atoms with van der Waals surface area (Å²) in [5, 5.41) is 3.13. The van der Waals surface area contributed by atoms with Gasteiger partial charge >= 0.3 is 0 Å². The third kappa shape index (κ3) is 7.91. The maximum atomic E-state index is 14.2. The third-order valence-electron chi connectivity index (χ3n) is 8.10. The number of anilines is 1. The van der Waals surface area contributed by atoms with Crippen LogP contribution in [-0.4, -0.2) is 58.0 Å². The molecule has 3 aromatic carbocycles. The van der Waals surface area contributed by atoms with Gasteiger partial charge in [-0.25, -0.2) is 8.42 Å². The highest BCUT2D eigenvalue weighted by atomic mass is 32.2. The lowest BCUT2D eigenvalue weighted by molar-refractivity contribution is -0.139. The van der Waals surface area contributed by atoms with Gasteiger partial charge < -0.3 is 19.7 Å². The van der Waals surface area contributed by atoms with Crippen LogP contribution in [0.3, 0.4) is 0 Å². The number of carbonyl (C=O) groups excluding carboxylic acids is 2. The van der Waals surface area contributed by atoms with Gasteiger partial charge in [-0.2, -0.15) is 0 Å². The molecule has 2 amide bonds. The number of ether oxygens (including phenoxy) is 2. The van der Waals surface area contributed by atoms with Gasteiger partial charge in [0, 0.05) is 18.7 Å². The van der Waals surface area contributed by atoms with Gasteiger partial charge in [-0.05, 0) is 63.4 Å². The summed E-state index contributed by atoms with van der Waals surface area (Å²) in [7, 11) is -1.25. The molecule has 3 aromatic rings. The summed E-state index contributed by atoms with van der Waals surface area (Å²) in [6.45, 7) is 5.14. The second-order valence-corrected chi connectivity index (χ2v) is 13.3. The Bertz CT molecular complexity index is 1550. The van der Waals surface area contributed by atoms with Crippen LogP contribution in [0.15, 0.2) is 71.6 Å². The van der Waals surface area contributed by atoms with Crippen LogP contribution in [-0.2, 0) is 26.2 Å². The van der Waals surface area contributed by atoms with Crippen LogP contribution in [0.25, 0.3) is 0 Å². The summed E-state index contributed by atoms with van der Waals surface area (Å²) in [6.07, 6.45) is 5.09. The molecule has 0 bridgehead atoms. The van der Waals surface area contributed by atoms with Gasteiger partial charge in [0.05, 0.1) is 24.8 Å². The van der Waals surface area contributed by atoms with Crippen molar-refractivity contribution < 1.29 is 27.5 Å². The molecule has 10 heteroatoms. The van der Waals surface area contributed by atoms with Gasteiger partial charge in [0.15, 0.2) is 11.5 Å². The first kappa shape index (κ1) is 32.9. The molecule has 0 heterocycles. The molecule has 44 heavy (non-hydrogen) atoms. The summed E-state index contributed by atoms with van der Waals surface area (Å²) < 4.78 is 40.1. The molecule has 0 aliphatic heterocycles. The van der Waals surface area contributed by atoms with E-state index in [1.54, 1.807) is 31.2 Å². The molecule has 1 N–H and O–H groups in total. The number of methoxy groups -OCH3 is 2. The van der Waals surface area contributed by atoms with E-state index < -0.39 is 28.5 Å². The van der Waals surface area contributed by atoms with Crippen molar-refractivity contribution in [2.24, 2.45) is 0 Å². The molecule has 1 saturated carbocycles. The molecule has 4 rings (SSSR count). The Kier molecular flexibility index (Phi) is 10.9. The number of aryl methyl sites for hydroxylation is 2. The third-order valence-corrected chi connectivity index (χ3v) is 9.89. The van der Waals surface area contributed by atoms with Gasteiger partial charge in [0.2, 0.25) is 11.8 Å². The Labute approximate surface area is 261 Å². The Morgan fingerprint density at radius 2 is 1.57 bits per heavy atom. The number of amides is 2. The molecular formula is C34H43N3O6S. The molecule has 1 fully saturated rings. The summed E-state index contributed by atoms with van der Waals surface area (Å²) in [6, 6.07) is 18.1. The van der Waals surface area contributed by atoms with Crippen LogP contribution in [0.5, 0.6) is 11.5 Å². The topological polar surface area (TPSA) is 105 Å². The van der Waals surface area contributed by atoms with E-state index in [9.17, 15) is 18.0 Å². The maximum Gasteiger partial charge on any atom is 0.264 e. The molecule has 1 aliphatic carbocycles. The number of benzene rings is 3. The monoisotopic (exact) mass is 621 g/mol. The average Bonchev–Trinajstić information content (AvgIpc) is 3.02. The first-order valence-corrected chi connectivity index (χ1v) is 16.4. The Morgan fingerprint density at radius 3 is 2.20 bits per heavy atom. The van der Waals surface area contributed by atoms with Crippen LogP contribution >= 0.6 is 0 Å². The van der Waals surface area contributed by atoms with Gasteiger partial charge in [0.25, 0.3) is 10.0 Å². The van der Waals surface area contributed by atoms with E-state index in [-0.39, 0.29) is 29.1 Å². The quantitative estimate of drug-likeness (QED) is 0.291.